The molecule has 3 nitrogen and oxygen atoms in total. The normalized spacial score (nSPS) is 20.7. The Morgan fingerprint density at radius 3 is 2.53 bits per heavy atom. The number of nitrogens with zero attached hydrogens (tertiary/aromatic N) is 2. The van der Waals surface area contributed by atoms with Crippen LogP contribution < -0.4 is 0 Å². The smallest absolute Gasteiger partial charge is 0.100 e. The molecule has 3 heteroatoms. The summed E-state index contributed by atoms with van der Waals surface area (Å²) < 4.78 is 2.25. The minimum atomic E-state index is 0.151. The number of aromatic nitrogens is 2. The Labute approximate surface area is 206 Å². The van der Waals surface area contributed by atoms with E-state index in [0.717, 1.165) is 36.6 Å². The largest absolute Gasteiger partial charge is 0.396 e. The highest BCUT2D eigenvalue weighted by atomic mass is 16.3. The van der Waals surface area contributed by atoms with Gasteiger partial charge in [0.25, 0.3) is 0 Å². The van der Waals surface area contributed by atoms with Crippen molar-refractivity contribution in [3.8, 4) is 11.3 Å². The van der Waals surface area contributed by atoms with Crippen molar-refractivity contribution < 1.29 is 5.11 Å². The molecule has 0 unspecified atom stereocenters. The molecule has 4 rings (SSSR count). The van der Waals surface area contributed by atoms with Gasteiger partial charge < -0.3 is 5.11 Å². The highest BCUT2D eigenvalue weighted by Gasteiger charge is 2.26. The van der Waals surface area contributed by atoms with Crippen molar-refractivity contribution in [1.82, 2.24) is 9.78 Å². The Bertz CT molecular complexity index is 1020. The molecule has 1 aromatic carbocycles. The molecule has 0 radical (unpaired) electrons. The molecule has 1 fully saturated rings. The second-order valence-electron chi connectivity index (χ2n) is 10.6. The first-order valence-corrected chi connectivity index (χ1v) is 13.3. The van der Waals surface area contributed by atoms with Crippen LogP contribution in [0.4, 0.5) is 0 Å². The lowest BCUT2D eigenvalue weighted by atomic mass is 9.79. The fourth-order valence-electron chi connectivity index (χ4n) is 5.78. The molecule has 34 heavy (non-hydrogen) atoms. The maximum atomic E-state index is 9.98. The molecule has 2 aromatic rings. The molecule has 0 amide bonds. The summed E-state index contributed by atoms with van der Waals surface area (Å²) in [5, 5.41) is 15.2. The molecule has 0 bridgehead atoms. The molecular weight excluding hydrogens is 416 g/mol. The van der Waals surface area contributed by atoms with E-state index in [1.165, 1.54) is 72.9 Å². The fourth-order valence-corrected chi connectivity index (χ4v) is 5.78. The summed E-state index contributed by atoms with van der Waals surface area (Å²) in [7, 11) is 0. The second-order valence-corrected chi connectivity index (χ2v) is 10.6. The van der Waals surface area contributed by atoms with E-state index in [0.29, 0.717) is 12.3 Å². The first kappa shape index (κ1) is 24.7. The van der Waals surface area contributed by atoms with E-state index in [1.54, 1.807) is 0 Å². The predicted molar refractivity (Wildman–Crippen MR) is 144 cm³/mol. The van der Waals surface area contributed by atoms with Gasteiger partial charge in [0.05, 0.1) is 0 Å². The van der Waals surface area contributed by atoms with Crippen LogP contribution >= 0.6 is 0 Å². The predicted octanol–water partition coefficient (Wildman–Crippen LogP) is 7.76. The first-order valence-electron chi connectivity index (χ1n) is 13.3. The summed E-state index contributed by atoms with van der Waals surface area (Å²) in [6, 6.07) is 10.6. The van der Waals surface area contributed by atoms with Crippen LogP contribution in [0.1, 0.15) is 82.9 Å². The SMILES string of the molecule is C=C(C)CCCC1CCC(Cn2nc(-c3ccccc3)c(C3=CCCC(C)=C3)c2CCO)CC1. The van der Waals surface area contributed by atoms with Crippen molar-refractivity contribution in [1.29, 1.82) is 0 Å². The van der Waals surface area contributed by atoms with Gasteiger partial charge in [0.15, 0.2) is 0 Å². The highest BCUT2D eigenvalue weighted by molar-refractivity contribution is 5.86. The Morgan fingerprint density at radius 2 is 1.85 bits per heavy atom. The van der Waals surface area contributed by atoms with Gasteiger partial charge in [-0.1, -0.05) is 72.9 Å². The van der Waals surface area contributed by atoms with Gasteiger partial charge in [0, 0.05) is 36.4 Å². The molecule has 1 aromatic heterocycles. The van der Waals surface area contributed by atoms with Crippen LogP contribution in [0, 0.1) is 11.8 Å². The van der Waals surface area contributed by atoms with Crippen LogP contribution in [-0.4, -0.2) is 21.5 Å². The molecular formula is C31H42N2O. The van der Waals surface area contributed by atoms with E-state index in [4.69, 9.17) is 5.10 Å². The minimum Gasteiger partial charge on any atom is -0.396 e. The lowest BCUT2D eigenvalue weighted by Gasteiger charge is -2.29. The molecule has 0 spiro atoms. The lowest BCUT2D eigenvalue weighted by Crippen LogP contribution is -2.21. The average molecular weight is 459 g/mol. The second kappa shape index (κ2) is 11.8. The quantitative estimate of drug-likeness (QED) is 0.369. The zero-order valence-electron chi connectivity index (χ0n) is 21.2. The van der Waals surface area contributed by atoms with Crippen molar-refractivity contribution in [2.45, 2.75) is 84.6 Å². The summed E-state index contributed by atoms with van der Waals surface area (Å²) in [5.74, 6) is 1.55. The third-order valence-electron chi connectivity index (χ3n) is 7.66. The fraction of sp³-hybridized carbons (Fsp3) is 0.516. The van der Waals surface area contributed by atoms with E-state index in [2.05, 4.69) is 67.6 Å². The maximum absolute atomic E-state index is 9.98. The number of allylic oxidation sites excluding steroid dienone is 5. The van der Waals surface area contributed by atoms with Gasteiger partial charge in [-0.3, -0.25) is 4.68 Å². The molecule has 182 valence electrons. The number of hydrogen-bond acceptors (Lipinski definition) is 2. The summed E-state index contributed by atoms with van der Waals surface area (Å²) in [5.41, 5.74) is 8.66. The van der Waals surface area contributed by atoms with Crippen LogP contribution in [0.3, 0.4) is 0 Å². The zero-order chi connectivity index (χ0) is 23.9. The molecule has 1 N–H and O–H groups in total. The van der Waals surface area contributed by atoms with E-state index in [9.17, 15) is 5.11 Å². The van der Waals surface area contributed by atoms with Crippen LogP contribution in [0.5, 0.6) is 0 Å². The molecule has 1 heterocycles. The Balaban J connectivity index is 1.57. The molecule has 1 saturated carbocycles. The number of rotatable bonds is 10. The zero-order valence-corrected chi connectivity index (χ0v) is 21.2. The summed E-state index contributed by atoms with van der Waals surface area (Å²) >= 11 is 0. The van der Waals surface area contributed by atoms with Gasteiger partial charge in [0.1, 0.15) is 5.69 Å². The van der Waals surface area contributed by atoms with Crippen molar-refractivity contribution in [2.24, 2.45) is 11.8 Å². The molecule has 0 aliphatic heterocycles. The van der Waals surface area contributed by atoms with Crippen LogP contribution in [-0.2, 0) is 13.0 Å². The van der Waals surface area contributed by atoms with E-state index >= 15 is 0 Å². The van der Waals surface area contributed by atoms with Gasteiger partial charge >= 0.3 is 0 Å². The molecule has 2 aliphatic rings. The monoisotopic (exact) mass is 458 g/mol. The van der Waals surface area contributed by atoms with Crippen molar-refractivity contribution in [3.63, 3.8) is 0 Å². The number of aliphatic hydroxyl groups excluding tert-OH is 1. The van der Waals surface area contributed by atoms with Crippen LogP contribution in [0.2, 0.25) is 0 Å². The maximum Gasteiger partial charge on any atom is 0.100 e. The van der Waals surface area contributed by atoms with Crippen molar-refractivity contribution in [3.05, 3.63) is 71.5 Å². The highest BCUT2D eigenvalue weighted by Crippen LogP contribution is 2.38. The minimum absolute atomic E-state index is 0.151. The van der Waals surface area contributed by atoms with Crippen LogP contribution in [0.25, 0.3) is 16.8 Å². The van der Waals surface area contributed by atoms with Gasteiger partial charge in [0.2, 0.25) is 0 Å². The Kier molecular flexibility index (Phi) is 8.61. The number of benzene rings is 1. The summed E-state index contributed by atoms with van der Waals surface area (Å²) in [4.78, 5) is 0. The number of hydrogen-bond donors (Lipinski definition) is 1. The van der Waals surface area contributed by atoms with Crippen molar-refractivity contribution >= 4 is 5.57 Å². The van der Waals surface area contributed by atoms with Crippen molar-refractivity contribution in [2.75, 3.05) is 6.61 Å². The average Bonchev–Trinajstić information content (AvgIpc) is 3.19. The van der Waals surface area contributed by atoms with E-state index < -0.39 is 0 Å². The molecule has 0 atom stereocenters. The third kappa shape index (κ3) is 6.18. The third-order valence-corrected chi connectivity index (χ3v) is 7.66. The van der Waals surface area contributed by atoms with Gasteiger partial charge in [-0.25, -0.2) is 0 Å². The van der Waals surface area contributed by atoms with E-state index in [-0.39, 0.29) is 6.61 Å². The van der Waals surface area contributed by atoms with Gasteiger partial charge in [-0.2, -0.15) is 5.10 Å². The summed E-state index contributed by atoms with van der Waals surface area (Å²) in [6.07, 6.45) is 16.6. The molecule has 0 saturated heterocycles. The van der Waals surface area contributed by atoms with Gasteiger partial charge in [-0.15, -0.1) is 6.58 Å². The van der Waals surface area contributed by atoms with Crippen LogP contribution in [0.15, 0.2) is 60.2 Å². The standard InChI is InChI=1S/C31H42N2O/c1-23(2)9-7-11-25-15-17-26(18-16-25)22-33-29(19-20-34)30(28-14-8-10-24(3)21-28)31(32-33)27-12-5-4-6-13-27/h4-6,12-14,21,25-26,34H,1,7-11,15-20,22H2,2-3H3. The molecule has 2 aliphatic carbocycles. The van der Waals surface area contributed by atoms with Gasteiger partial charge in [-0.05, 0) is 69.8 Å². The topological polar surface area (TPSA) is 38.0 Å². The Hall–Kier alpha value is -2.39. The number of aliphatic hydroxyl groups is 1. The van der Waals surface area contributed by atoms with E-state index in [1.807, 2.05) is 0 Å². The summed E-state index contributed by atoms with van der Waals surface area (Å²) in [6.45, 7) is 9.53. The Morgan fingerprint density at radius 1 is 1.12 bits per heavy atom. The lowest BCUT2D eigenvalue weighted by molar-refractivity contribution is 0.231. The first-order chi connectivity index (χ1) is 16.5.